The van der Waals surface area contributed by atoms with Crippen molar-refractivity contribution in [3.63, 3.8) is 0 Å². The number of thioether (sulfide) groups is 1. The molecule has 1 spiro atoms. The number of hydrogen-bond acceptors (Lipinski definition) is 3. The molecule has 2 heterocycles. The van der Waals surface area contributed by atoms with Gasteiger partial charge in [-0.25, -0.2) is 4.39 Å². The maximum absolute atomic E-state index is 13.0. The average molecular weight is 267 g/mol. The fraction of sp³-hybridized carbons (Fsp3) is 0.571. The fourth-order valence-corrected chi connectivity index (χ4v) is 4.46. The summed E-state index contributed by atoms with van der Waals surface area (Å²) in [5, 5.41) is 4.03. The van der Waals surface area contributed by atoms with E-state index in [9.17, 15) is 4.39 Å². The predicted molar refractivity (Wildman–Crippen MR) is 72.4 cm³/mol. The second-order valence-electron chi connectivity index (χ2n) is 5.01. The predicted octanol–water partition coefficient (Wildman–Crippen LogP) is 2.75. The number of morpholine rings is 1. The zero-order valence-corrected chi connectivity index (χ0v) is 11.3. The molecule has 0 aromatic heterocycles. The largest absolute Gasteiger partial charge is 0.371 e. The van der Waals surface area contributed by atoms with E-state index in [0.29, 0.717) is 5.25 Å². The lowest BCUT2D eigenvalue weighted by atomic mass is 9.82. The molecule has 3 unspecified atom stereocenters. The molecule has 0 radical (unpaired) electrons. The van der Waals surface area contributed by atoms with Gasteiger partial charge in [-0.05, 0) is 29.9 Å². The third-order valence-corrected chi connectivity index (χ3v) is 5.40. The van der Waals surface area contributed by atoms with Gasteiger partial charge in [0.2, 0.25) is 0 Å². The van der Waals surface area contributed by atoms with Gasteiger partial charge in [-0.15, -0.1) is 0 Å². The molecule has 3 rings (SSSR count). The molecule has 1 N–H and O–H groups in total. The van der Waals surface area contributed by atoms with Gasteiger partial charge in [-0.2, -0.15) is 11.8 Å². The summed E-state index contributed by atoms with van der Waals surface area (Å²) in [4.78, 5) is 0. The van der Waals surface area contributed by atoms with Gasteiger partial charge in [0, 0.05) is 11.8 Å². The Morgan fingerprint density at radius 1 is 1.39 bits per heavy atom. The van der Waals surface area contributed by atoms with Crippen molar-refractivity contribution >= 4 is 11.8 Å². The van der Waals surface area contributed by atoms with E-state index in [0.717, 1.165) is 30.9 Å². The fourth-order valence-electron chi connectivity index (χ4n) is 3.06. The first kappa shape index (κ1) is 12.5. The summed E-state index contributed by atoms with van der Waals surface area (Å²) in [6, 6.07) is 6.99. The molecule has 2 aliphatic rings. The highest BCUT2D eigenvalue weighted by Crippen LogP contribution is 2.47. The molecule has 2 aliphatic heterocycles. The molecule has 0 amide bonds. The van der Waals surface area contributed by atoms with Gasteiger partial charge in [0.25, 0.3) is 0 Å². The number of ether oxygens (including phenoxy) is 1. The lowest BCUT2D eigenvalue weighted by Crippen LogP contribution is -2.55. The third kappa shape index (κ3) is 1.96. The molecule has 3 atom stereocenters. The van der Waals surface area contributed by atoms with E-state index < -0.39 is 0 Å². The van der Waals surface area contributed by atoms with E-state index in [1.165, 1.54) is 12.1 Å². The van der Waals surface area contributed by atoms with E-state index in [4.69, 9.17) is 4.74 Å². The number of nitrogens with one attached hydrogen (secondary N) is 1. The number of rotatable bonds is 1. The second-order valence-corrected chi connectivity index (χ2v) is 6.45. The summed E-state index contributed by atoms with van der Waals surface area (Å²) in [5.41, 5.74) is 1.01. The Morgan fingerprint density at radius 3 is 2.83 bits per heavy atom. The summed E-state index contributed by atoms with van der Waals surface area (Å²) >= 11 is 1.97. The van der Waals surface area contributed by atoms with Crippen LogP contribution in [0.3, 0.4) is 0 Å². The van der Waals surface area contributed by atoms with Crippen LogP contribution in [0.2, 0.25) is 0 Å². The van der Waals surface area contributed by atoms with Crippen LogP contribution in [-0.4, -0.2) is 29.8 Å². The Bertz CT molecular complexity index is 424. The lowest BCUT2D eigenvalue weighted by molar-refractivity contribution is -0.0940. The minimum absolute atomic E-state index is 0.124. The van der Waals surface area contributed by atoms with Gasteiger partial charge in [0.15, 0.2) is 0 Å². The Hall–Kier alpha value is -0.580. The van der Waals surface area contributed by atoms with E-state index in [1.54, 1.807) is 0 Å². The minimum Gasteiger partial charge on any atom is -0.371 e. The van der Waals surface area contributed by atoms with E-state index in [1.807, 2.05) is 23.9 Å². The SMILES string of the molecule is CC1SCCC12OCCNC2c1ccc(F)cc1. The molecule has 4 heteroatoms. The highest BCUT2D eigenvalue weighted by molar-refractivity contribution is 8.00. The van der Waals surface area contributed by atoms with Crippen molar-refractivity contribution in [3.05, 3.63) is 35.6 Å². The first-order valence-corrected chi connectivity index (χ1v) is 7.52. The van der Waals surface area contributed by atoms with Gasteiger partial charge < -0.3 is 10.1 Å². The van der Waals surface area contributed by atoms with Gasteiger partial charge in [-0.3, -0.25) is 0 Å². The van der Waals surface area contributed by atoms with Crippen LogP contribution >= 0.6 is 11.8 Å². The Labute approximate surface area is 111 Å². The van der Waals surface area contributed by atoms with Crippen molar-refractivity contribution in [1.29, 1.82) is 0 Å². The molecule has 0 aliphatic carbocycles. The smallest absolute Gasteiger partial charge is 0.123 e. The molecule has 18 heavy (non-hydrogen) atoms. The minimum atomic E-state index is -0.182. The van der Waals surface area contributed by atoms with Crippen molar-refractivity contribution in [1.82, 2.24) is 5.32 Å². The summed E-state index contributed by atoms with van der Waals surface area (Å²) in [7, 11) is 0. The summed E-state index contributed by atoms with van der Waals surface area (Å²) in [5.74, 6) is 0.957. The van der Waals surface area contributed by atoms with Crippen LogP contribution < -0.4 is 5.32 Å². The Kier molecular flexibility index (Phi) is 3.34. The first-order chi connectivity index (χ1) is 8.72. The van der Waals surface area contributed by atoms with Gasteiger partial charge >= 0.3 is 0 Å². The monoisotopic (exact) mass is 267 g/mol. The van der Waals surface area contributed by atoms with E-state index >= 15 is 0 Å². The van der Waals surface area contributed by atoms with Crippen LogP contribution in [0.5, 0.6) is 0 Å². The number of halogens is 1. The molecule has 2 fully saturated rings. The van der Waals surface area contributed by atoms with Crippen LogP contribution in [0.1, 0.15) is 24.9 Å². The summed E-state index contributed by atoms with van der Waals surface area (Å²) < 4.78 is 19.2. The number of hydrogen-bond donors (Lipinski definition) is 1. The average Bonchev–Trinajstić information content (AvgIpc) is 2.74. The van der Waals surface area contributed by atoms with Crippen molar-refractivity contribution in [2.75, 3.05) is 18.9 Å². The summed E-state index contributed by atoms with van der Waals surface area (Å²) in [6.07, 6.45) is 1.06. The van der Waals surface area contributed by atoms with Crippen molar-refractivity contribution in [3.8, 4) is 0 Å². The third-order valence-electron chi connectivity index (χ3n) is 4.06. The van der Waals surface area contributed by atoms with Crippen LogP contribution in [0.25, 0.3) is 0 Å². The summed E-state index contributed by atoms with van der Waals surface area (Å²) in [6.45, 7) is 3.87. The molecule has 0 bridgehead atoms. The van der Waals surface area contributed by atoms with Crippen LogP contribution in [0.15, 0.2) is 24.3 Å². The standard InChI is InChI=1S/C14H18FNOS/c1-10-14(6-9-18-10)13(16-7-8-17-14)11-2-4-12(15)5-3-11/h2-5,10,13,16H,6-9H2,1H3. The number of benzene rings is 1. The zero-order chi connectivity index (χ0) is 12.6. The molecule has 2 nitrogen and oxygen atoms in total. The van der Waals surface area contributed by atoms with Crippen LogP contribution in [0, 0.1) is 5.82 Å². The quantitative estimate of drug-likeness (QED) is 0.845. The van der Waals surface area contributed by atoms with Gasteiger partial charge in [-0.1, -0.05) is 19.1 Å². The van der Waals surface area contributed by atoms with Gasteiger partial charge in [0.05, 0.1) is 18.2 Å². The molecular weight excluding hydrogens is 249 g/mol. The highest BCUT2D eigenvalue weighted by Gasteiger charge is 2.50. The van der Waals surface area contributed by atoms with E-state index in [2.05, 4.69) is 12.2 Å². The molecule has 98 valence electrons. The van der Waals surface area contributed by atoms with Crippen LogP contribution in [-0.2, 0) is 4.74 Å². The Morgan fingerprint density at radius 2 is 2.17 bits per heavy atom. The van der Waals surface area contributed by atoms with Crippen molar-refractivity contribution in [2.45, 2.75) is 30.2 Å². The van der Waals surface area contributed by atoms with Gasteiger partial charge in [0.1, 0.15) is 5.82 Å². The van der Waals surface area contributed by atoms with Crippen molar-refractivity contribution in [2.24, 2.45) is 0 Å². The maximum Gasteiger partial charge on any atom is 0.123 e. The van der Waals surface area contributed by atoms with Crippen LogP contribution in [0.4, 0.5) is 4.39 Å². The molecule has 2 saturated heterocycles. The molecular formula is C14H18FNOS. The molecule has 1 aromatic rings. The topological polar surface area (TPSA) is 21.3 Å². The first-order valence-electron chi connectivity index (χ1n) is 6.47. The molecule has 0 saturated carbocycles. The van der Waals surface area contributed by atoms with Crippen molar-refractivity contribution < 1.29 is 9.13 Å². The second kappa shape index (κ2) is 4.83. The normalized spacial score (nSPS) is 36.1. The lowest BCUT2D eigenvalue weighted by Gasteiger charge is -2.44. The van der Waals surface area contributed by atoms with E-state index in [-0.39, 0.29) is 17.5 Å². The maximum atomic E-state index is 13.0. The zero-order valence-electron chi connectivity index (χ0n) is 10.5. The highest BCUT2D eigenvalue weighted by atomic mass is 32.2. The molecule has 1 aromatic carbocycles. The Balaban J connectivity index is 1.95.